The summed E-state index contributed by atoms with van der Waals surface area (Å²) < 4.78 is 39.7. The van der Waals surface area contributed by atoms with Crippen LogP contribution in [0.3, 0.4) is 0 Å². The summed E-state index contributed by atoms with van der Waals surface area (Å²) in [5, 5.41) is 7.85. The van der Waals surface area contributed by atoms with Gasteiger partial charge in [0.05, 0.1) is 12.6 Å². The highest BCUT2D eigenvalue weighted by Crippen LogP contribution is 2.27. The Morgan fingerprint density at radius 3 is 2.79 bits per heavy atom. The van der Waals surface area contributed by atoms with E-state index in [2.05, 4.69) is 16.0 Å². The van der Waals surface area contributed by atoms with Gasteiger partial charge in [0.25, 0.3) is 5.92 Å². The molecular weight excluding hydrogens is 397 g/mol. The largest absolute Gasteiger partial charge is 0.341 e. The number of amides is 3. The Labute approximate surface area is 167 Å². The van der Waals surface area contributed by atoms with E-state index in [9.17, 15) is 22.8 Å². The molecule has 2 saturated heterocycles. The number of likely N-dealkylation sites (tertiary alicyclic amines) is 1. The van der Waals surface area contributed by atoms with Gasteiger partial charge >= 0.3 is 6.03 Å². The summed E-state index contributed by atoms with van der Waals surface area (Å²) in [5.74, 6) is -3.55. The Bertz CT molecular complexity index is 707. The van der Waals surface area contributed by atoms with Gasteiger partial charge in [-0.3, -0.25) is 10.1 Å². The Kier molecular flexibility index (Phi) is 7.54. The number of urea groups is 1. The Balaban J connectivity index is 0.00000280. The van der Waals surface area contributed by atoms with Gasteiger partial charge in [-0.05, 0) is 37.0 Å². The normalized spacial score (nSPS) is 23.6. The van der Waals surface area contributed by atoms with Gasteiger partial charge in [-0.25, -0.2) is 18.0 Å². The number of nitrogens with one attached hydrogen (secondary N) is 3. The van der Waals surface area contributed by atoms with Crippen LogP contribution in [0.4, 0.5) is 23.7 Å². The molecule has 0 aliphatic carbocycles. The molecule has 3 N–H and O–H groups in total. The summed E-state index contributed by atoms with van der Waals surface area (Å²) in [6.45, 7) is 0.832. The Morgan fingerprint density at radius 1 is 1.32 bits per heavy atom. The van der Waals surface area contributed by atoms with Gasteiger partial charge in [0.2, 0.25) is 5.91 Å². The number of carbonyl (C=O) groups excluding carboxylic acids is 2. The molecule has 0 saturated carbocycles. The topological polar surface area (TPSA) is 73.5 Å². The first-order chi connectivity index (χ1) is 12.8. The van der Waals surface area contributed by atoms with Crippen molar-refractivity contribution in [3.8, 4) is 0 Å². The van der Waals surface area contributed by atoms with E-state index in [-0.39, 0.29) is 24.2 Å². The Hall–Kier alpha value is -2.00. The predicted octanol–water partition coefficient (Wildman–Crippen LogP) is 2.60. The number of piperidine rings is 1. The fraction of sp³-hybridized carbons (Fsp3) is 0.556. The van der Waals surface area contributed by atoms with Crippen molar-refractivity contribution < 1.29 is 22.8 Å². The average Bonchev–Trinajstić information content (AvgIpc) is 2.99. The third-order valence-corrected chi connectivity index (χ3v) is 4.87. The lowest BCUT2D eigenvalue weighted by Gasteiger charge is -2.34. The summed E-state index contributed by atoms with van der Waals surface area (Å²) in [4.78, 5) is 26.0. The highest BCUT2D eigenvalue weighted by atomic mass is 35.5. The van der Waals surface area contributed by atoms with E-state index < -0.39 is 36.8 Å². The van der Waals surface area contributed by atoms with Crippen LogP contribution >= 0.6 is 12.4 Å². The summed E-state index contributed by atoms with van der Waals surface area (Å²) in [7, 11) is 0. The van der Waals surface area contributed by atoms with Crippen LogP contribution < -0.4 is 16.0 Å². The van der Waals surface area contributed by atoms with Crippen molar-refractivity contribution in [1.29, 1.82) is 0 Å². The zero-order valence-corrected chi connectivity index (χ0v) is 16.0. The molecule has 2 unspecified atom stereocenters. The van der Waals surface area contributed by atoms with E-state index in [1.165, 1.54) is 18.2 Å². The zero-order chi connectivity index (χ0) is 19.4. The van der Waals surface area contributed by atoms with Crippen LogP contribution in [0.25, 0.3) is 0 Å². The minimum Gasteiger partial charge on any atom is -0.341 e. The molecular formula is C18H24ClF3N4O2. The highest BCUT2D eigenvalue weighted by Gasteiger charge is 2.44. The van der Waals surface area contributed by atoms with Crippen molar-refractivity contribution in [3.05, 3.63) is 30.1 Å². The number of nitrogens with zero attached hydrogens (tertiary/aromatic N) is 1. The second-order valence-electron chi connectivity index (χ2n) is 7.13. The number of halogens is 4. The SMILES string of the molecule is Cl.O=C(NCC1CCCN(C(=O)C2CC(F)(F)CN2)C1)Nc1cccc(F)c1. The summed E-state index contributed by atoms with van der Waals surface area (Å²) in [6, 6.07) is 4.27. The predicted molar refractivity (Wildman–Crippen MR) is 101 cm³/mol. The van der Waals surface area contributed by atoms with Crippen LogP contribution in [0, 0.1) is 11.7 Å². The molecule has 10 heteroatoms. The molecule has 28 heavy (non-hydrogen) atoms. The fourth-order valence-electron chi connectivity index (χ4n) is 3.52. The quantitative estimate of drug-likeness (QED) is 0.701. The lowest BCUT2D eigenvalue weighted by atomic mass is 9.97. The van der Waals surface area contributed by atoms with Crippen LogP contribution in [-0.4, -0.2) is 55.0 Å². The van der Waals surface area contributed by atoms with Crippen LogP contribution in [0.2, 0.25) is 0 Å². The highest BCUT2D eigenvalue weighted by molar-refractivity contribution is 5.89. The zero-order valence-electron chi connectivity index (χ0n) is 15.2. The maximum Gasteiger partial charge on any atom is 0.319 e. The van der Waals surface area contributed by atoms with Crippen molar-refractivity contribution in [3.63, 3.8) is 0 Å². The molecule has 6 nitrogen and oxygen atoms in total. The standard InChI is InChI=1S/C18H23F3N4O2.ClH/c19-13-4-1-5-14(7-13)24-17(27)22-9-12-3-2-6-25(10-12)16(26)15-8-18(20,21)11-23-15;/h1,4-5,7,12,15,23H,2-3,6,8-11H2,(H2,22,24,27);1H. The van der Waals surface area contributed by atoms with Gasteiger partial charge in [-0.1, -0.05) is 6.07 Å². The van der Waals surface area contributed by atoms with Crippen molar-refractivity contribution in [2.75, 3.05) is 31.5 Å². The van der Waals surface area contributed by atoms with E-state index >= 15 is 0 Å². The molecule has 3 amide bonds. The number of benzene rings is 1. The van der Waals surface area contributed by atoms with Crippen LogP contribution in [0.5, 0.6) is 0 Å². The van der Waals surface area contributed by atoms with Crippen molar-refractivity contribution in [2.45, 2.75) is 31.2 Å². The number of alkyl halides is 2. The number of rotatable bonds is 4. The van der Waals surface area contributed by atoms with Crippen molar-refractivity contribution in [1.82, 2.24) is 15.5 Å². The minimum absolute atomic E-state index is 0. The summed E-state index contributed by atoms with van der Waals surface area (Å²) in [6.07, 6.45) is 1.12. The van der Waals surface area contributed by atoms with Gasteiger partial charge in [0, 0.05) is 31.7 Å². The van der Waals surface area contributed by atoms with Crippen LogP contribution in [0.1, 0.15) is 19.3 Å². The second-order valence-corrected chi connectivity index (χ2v) is 7.13. The minimum atomic E-state index is -2.84. The average molecular weight is 421 g/mol. The monoisotopic (exact) mass is 420 g/mol. The number of hydrogen-bond donors (Lipinski definition) is 3. The molecule has 0 bridgehead atoms. The molecule has 0 aromatic heterocycles. The molecule has 1 aromatic carbocycles. The second kappa shape index (κ2) is 9.47. The van der Waals surface area contributed by atoms with Crippen molar-refractivity contribution >= 4 is 30.0 Å². The number of carbonyl (C=O) groups is 2. The third-order valence-electron chi connectivity index (χ3n) is 4.87. The smallest absolute Gasteiger partial charge is 0.319 e. The first kappa shape index (κ1) is 22.3. The summed E-state index contributed by atoms with van der Waals surface area (Å²) in [5.41, 5.74) is 0.348. The molecule has 2 aliphatic heterocycles. The first-order valence-electron chi connectivity index (χ1n) is 9.03. The van der Waals surface area contributed by atoms with E-state index in [0.717, 1.165) is 12.8 Å². The molecule has 1 aromatic rings. The van der Waals surface area contributed by atoms with Gasteiger partial charge in [0.1, 0.15) is 5.82 Å². The lowest BCUT2D eigenvalue weighted by molar-refractivity contribution is -0.135. The number of anilines is 1. The van der Waals surface area contributed by atoms with Crippen molar-refractivity contribution in [2.24, 2.45) is 5.92 Å². The van der Waals surface area contributed by atoms with Gasteiger partial charge in [0.15, 0.2) is 0 Å². The summed E-state index contributed by atoms with van der Waals surface area (Å²) >= 11 is 0. The fourth-order valence-corrected chi connectivity index (χ4v) is 3.52. The molecule has 0 spiro atoms. The molecule has 3 rings (SSSR count). The molecule has 2 atom stereocenters. The maximum absolute atomic E-state index is 13.3. The molecule has 2 fully saturated rings. The molecule has 0 radical (unpaired) electrons. The van der Waals surface area contributed by atoms with Gasteiger partial charge in [-0.15, -0.1) is 12.4 Å². The maximum atomic E-state index is 13.3. The molecule has 156 valence electrons. The van der Waals surface area contributed by atoms with Gasteiger partial charge in [-0.2, -0.15) is 0 Å². The van der Waals surface area contributed by atoms with E-state index in [0.29, 0.717) is 25.3 Å². The van der Waals surface area contributed by atoms with Crippen LogP contribution in [0.15, 0.2) is 24.3 Å². The van der Waals surface area contributed by atoms with E-state index in [4.69, 9.17) is 0 Å². The molecule has 2 heterocycles. The molecule has 2 aliphatic rings. The van der Waals surface area contributed by atoms with Gasteiger partial charge < -0.3 is 15.5 Å². The Morgan fingerprint density at radius 2 is 2.11 bits per heavy atom. The van der Waals surface area contributed by atoms with Crippen LogP contribution in [-0.2, 0) is 4.79 Å². The van der Waals surface area contributed by atoms with E-state index in [1.54, 1.807) is 11.0 Å². The lowest BCUT2D eigenvalue weighted by Crippen LogP contribution is -2.49. The first-order valence-corrected chi connectivity index (χ1v) is 9.03. The third kappa shape index (κ3) is 6.00. The van der Waals surface area contributed by atoms with E-state index in [1.807, 2.05) is 0 Å². The number of hydrogen-bond acceptors (Lipinski definition) is 3.